The molecule has 0 bridgehead atoms. The molecular weight excluding hydrogens is 304 g/mol. The van der Waals surface area contributed by atoms with E-state index in [-0.39, 0.29) is 11.5 Å². The fraction of sp³-hybridized carbons (Fsp3) is 0.105. The van der Waals surface area contributed by atoms with Gasteiger partial charge in [0, 0.05) is 17.2 Å². The number of rotatable bonds is 4. The fourth-order valence-electron chi connectivity index (χ4n) is 2.35. The molecule has 0 aliphatic rings. The average Bonchev–Trinajstić information content (AvgIpc) is 3.03. The molecule has 1 aromatic heterocycles. The average molecular weight is 320 g/mol. The lowest BCUT2D eigenvalue weighted by Gasteiger charge is -2.10. The molecule has 0 aliphatic carbocycles. The van der Waals surface area contributed by atoms with Gasteiger partial charge >= 0.3 is 0 Å². The Labute approximate surface area is 139 Å². The molecule has 3 aromatic rings. The van der Waals surface area contributed by atoms with Gasteiger partial charge in [-0.15, -0.1) is 0 Å². The first-order chi connectivity index (χ1) is 11.5. The van der Waals surface area contributed by atoms with E-state index in [2.05, 4.69) is 10.5 Å². The Bertz CT molecular complexity index is 898. The van der Waals surface area contributed by atoms with Crippen molar-refractivity contribution in [1.29, 1.82) is 0 Å². The Hall–Kier alpha value is -3.21. The predicted molar refractivity (Wildman–Crippen MR) is 90.2 cm³/mol. The van der Waals surface area contributed by atoms with E-state index in [1.807, 2.05) is 19.1 Å². The van der Waals surface area contributed by atoms with Crippen molar-refractivity contribution in [3.63, 3.8) is 0 Å². The molecule has 5 heteroatoms. The van der Waals surface area contributed by atoms with Gasteiger partial charge in [-0.1, -0.05) is 47.1 Å². The maximum Gasteiger partial charge on any atom is 0.294 e. The highest BCUT2D eigenvalue weighted by Gasteiger charge is 2.18. The first-order valence-corrected chi connectivity index (χ1v) is 7.49. The van der Waals surface area contributed by atoms with E-state index < -0.39 is 5.91 Å². The van der Waals surface area contributed by atoms with Crippen molar-refractivity contribution in [2.45, 2.75) is 13.8 Å². The van der Waals surface area contributed by atoms with Gasteiger partial charge in [-0.25, -0.2) is 0 Å². The third kappa shape index (κ3) is 3.25. The van der Waals surface area contributed by atoms with Gasteiger partial charge in [0.1, 0.15) is 0 Å². The zero-order valence-corrected chi connectivity index (χ0v) is 13.4. The van der Waals surface area contributed by atoms with Crippen LogP contribution < -0.4 is 5.32 Å². The largest absolute Gasteiger partial charge is 0.351 e. The van der Waals surface area contributed by atoms with Crippen molar-refractivity contribution < 1.29 is 14.1 Å². The minimum absolute atomic E-state index is 0.103. The molecule has 120 valence electrons. The third-order valence-corrected chi connectivity index (χ3v) is 3.56. The van der Waals surface area contributed by atoms with Crippen molar-refractivity contribution in [3.05, 3.63) is 82.7 Å². The number of ketones is 1. The highest BCUT2D eigenvalue weighted by molar-refractivity contribution is 6.15. The summed E-state index contributed by atoms with van der Waals surface area (Å²) in [4.78, 5) is 25.0. The van der Waals surface area contributed by atoms with Gasteiger partial charge in [-0.05, 0) is 26.0 Å². The summed E-state index contributed by atoms with van der Waals surface area (Å²) in [5.41, 5.74) is 2.99. The molecular formula is C19H16N2O3. The summed E-state index contributed by atoms with van der Waals surface area (Å²) in [6.07, 6.45) is 0. The Morgan fingerprint density at radius 3 is 2.42 bits per heavy atom. The number of carbonyl (C=O) groups is 2. The van der Waals surface area contributed by atoms with Crippen molar-refractivity contribution in [2.24, 2.45) is 0 Å². The van der Waals surface area contributed by atoms with Gasteiger partial charge in [0.15, 0.2) is 5.78 Å². The summed E-state index contributed by atoms with van der Waals surface area (Å²) in [6, 6.07) is 15.8. The highest BCUT2D eigenvalue weighted by atomic mass is 16.5. The molecule has 3 rings (SSSR count). The van der Waals surface area contributed by atoms with E-state index in [1.165, 1.54) is 0 Å². The first-order valence-electron chi connectivity index (χ1n) is 7.49. The number of benzene rings is 2. The zero-order valence-electron chi connectivity index (χ0n) is 13.4. The quantitative estimate of drug-likeness (QED) is 0.743. The molecule has 0 radical (unpaired) electrons. The molecule has 1 amide bonds. The minimum Gasteiger partial charge on any atom is -0.351 e. The minimum atomic E-state index is -0.443. The van der Waals surface area contributed by atoms with Gasteiger partial charge < -0.3 is 9.84 Å². The number of nitrogens with one attached hydrogen (secondary N) is 1. The van der Waals surface area contributed by atoms with Gasteiger partial charge in [-0.2, -0.15) is 0 Å². The maximum absolute atomic E-state index is 12.8. The second-order valence-corrected chi connectivity index (χ2v) is 5.53. The van der Waals surface area contributed by atoms with E-state index in [0.717, 1.165) is 5.56 Å². The molecule has 2 aromatic carbocycles. The van der Waals surface area contributed by atoms with E-state index in [1.54, 1.807) is 49.4 Å². The van der Waals surface area contributed by atoms with Crippen molar-refractivity contribution in [1.82, 2.24) is 5.16 Å². The van der Waals surface area contributed by atoms with Crippen LogP contribution in [0.25, 0.3) is 0 Å². The Morgan fingerprint density at radius 1 is 1.00 bits per heavy atom. The lowest BCUT2D eigenvalue weighted by molar-refractivity contribution is 0.0988. The standard InChI is InChI=1S/C19H16N2O3/c1-12-8-9-16(20-19(23)17-11-13(2)21-24-17)15(10-12)18(22)14-6-4-3-5-7-14/h3-11H,1-2H3,(H,20,23). The molecule has 0 atom stereocenters. The molecule has 0 saturated heterocycles. The van der Waals surface area contributed by atoms with Crippen LogP contribution in [-0.2, 0) is 0 Å². The zero-order chi connectivity index (χ0) is 17.1. The molecule has 0 aliphatic heterocycles. The summed E-state index contributed by atoms with van der Waals surface area (Å²) in [5, 5.41) is 6.42. The van der Waals surface area contributed by atoms with Gasteiger partial charge in [0.05, 0.1) is 11.4 Å². The molecule has 0 fully saturated rings. The summed E-state index contributed by atoms with van der Waals surface area (Å²) >= 11 is 0. The second-order valence-electron chi connectivity index (χ2n) is 5.53. The van der Waals surface area contributed by atoms with Crippen LogP contribution in [0.5, 0.6) is 0 Å². The van der Waals surface area contributed by atoms with Crippen LogP contribution in [0.4, 0.5) is 5.69 Å². The number of anilines is 1. The van der Waals surface area contributed by atoms with Crippen LogP contribution in [-0.4, -0.2) is 16.8 Å². The number of hydrogen-bond donors (Lipinski definition) is 1. The summed E-state index contributed by atoms with van der Waals surface area (Å²) in [5.74, 6) is -0.490. The molecule has 1 N–H and O–H groups in total. The number of nitrogens with zero attached hydrogens (tertiary/aromatic N) is 1. The number of amides is 1. The van der Waals surface area contributed by atoms with Crippen LogP contribution in [0.3, 0.4) is 0 Å². The van der Waals surface area contributed by atoms with E-state index in [0.29, 0.717) is 22.5 Å². The van der Waals surface area contributed by atoms with Crippen LogP contribution in [0.1, 0.15) is 37.7 Å². The summed E-state index contributed by atoms with van der Waals surface area (Å²) < 4.78 is 4.96. The van der Waals surface area contributed by atoms with Crippen LogP contribution in [0.15, 0.2) is 59.1 Å². The Balaban J connectivity index is 1.94. The Morgan fingerprint density at radius 2 is 1.75 bits per heavy atom. The van der Waals surface area contributed by atoms with Crippen LogP contribution in [0.2, 0.25) is 0 Å². The van der Waals surface area contributed by atoms with Gasteiger partial charge in [0.25, 0.3) is 5.91 Å². The van der Waals surface area contributed by atoms with Crippen molar-refractivity contribution in [2.75, 3.05) is 5.32 Å². The summed E-state index contributed by atoms with van der Waals surface area (Å²) in [6.45, 7) is 3.63. The van der Waals surface area contributed by atoms with Crippen molar-refractivity contribution >= 4 is 17.4 Å². The van der Waals surface area contributed by atoms with Gasteiger partial charge in [-0.3, -0.25) is 9.59 Å². The van der Waals surface area contributed by atoms with Crippen LogP contribution in [0, 0.1) is 13.8 Å². The fourth-order valence-corrected chi connectivity index (χ4v) is 2.35. The predicted octanol–water partition coefficient (Wildman–Crippen LogP) is 3.77. The number of aromatic nitrogens is 1. The second kappa shape index (κ2) is 6.50. The third-order valence-electron chi connectivity index (χ3n) is 3.56. The molecule has 5 nitrogen and oxygen atoms in total. The Kier molecular flexibility index (Phi) is 4.24. The topological polar surface area (TPSA) is 72.2 Å². The first kappa shape index (κ1) is 15.7. The highest BCUT2D eigenvalue weighted by Crippen LogP contribution is 2.22. The number of carbonyl (C=O) groups excluding carboxylic acids is 2. The lowest BCUT2D eigenvalue weighted by atomic mass is 9.99. The smallest absolute Gasteiger partial charge is 0.294 e. The lowest BCUT2D eigenvalue weighted by Crippen LogP contribution is -2.15. The molecule has 0 spiro atoms. The monoisotopic (exact) mass is 320 g/mol. The van der Waals surface area contributed by atoms with E-state index in [9.17, 15) is 9.59 Å². The normalized spacial score (nSPS) is 10.4. The summed E-state index contributed by atoms with van der Waals surface area (Å²) in [7, 11) is 0. The molecule has 24 heavy (non-hydrogen) atoms. The number of hydrogen-bond acceptors (Lipinski definition) is 4. The van der Waals surface area contributed by atoms with E-state index >= 15 is 0 Å². The number of aryl methyl sites for hydroxylation is 2. The van der Waals surface area contributed by atoms with Gasteiger partial charge in [0.2, 0.25) is 5.76 Å². The maximum atomic E-state index is 12.8. The molecule has 0 saturated carbocycles. The molecule has 1 heterocycles. The molecule has 0 unspecified atom stereocenters. The van der Waals surface area contributed by atoms with Crippen molar-refractivity contribution in [3.8, 4) is 0 Å². The SMILES string of the molecule is Cc1ccc(NC(=O)c2cc(C)no2)c(C(=O)c2ccccc2)c1. The van der Waals surface area contributed by atoms with E-state index in [4.69, 9.17) is 4.52 Å². The van der Waals surface area contributed by atoms with Crippen LogP contribution >= 0.6 is 0 Å².